The van der Waals surface area contributed by atoms with Gasteiger partial charge in [0.15, 0.2) is 5.82 Å². The average Bonchev–Trinajstić information content (AvgIpc) is 2.58. The van der Waals surface area contributed by atoms with E-state index in [9.17, 15) is 9.59 Å². The first kappa shape index (κ1) is 9.82. The van der Waals surface area contributed by atoms with Crippen molar-refractivity contribution < 1.29 is 9.59 Å². The highest BCUT2D eigenvalue weighted by Crippen LogP contribution is 2.26. The third-order valence-corrected chi connectivity index (χ3v) is 2.49. The molecule has 1 aromatic heterocycles. The lowest BCUT2D eigenvalue weighted by atomic mass is 9.90. The van der Waals surface area contributed by atoms with E-state index < -0.39 is 5.41 Å². The standard InChI is InChI=1S/C9H12N4O2/c1-4-5-10-8-11-6(14)9(2,3)7(15)13(8)12-5/h4H2,1-3H3,(H,10,11,12,14). The second-order valence-corrected chi connectivity index (χ2v) is 4.00. The lowest BCUT2D eigenvalue weighted by molar-refractivity contribution is -0.122. The van der Waals surface area contributed by atoms with E-state index in [4.69, 9.17) is 0 Å². The molecular formula is C9H12N4O2. The van der Waals surface area contributed by atoms with E-state index in [1.165, 1.54) is 4.68 Å². The Labute approximate surface area is 86.7 Å². The Balaban J connectivity index is 2.54. The van der Waals surface area contributed by atoms with Gasteiger partial charge in [-0.25, -0.2) is 0 Å². The fraction of sp³-hybridized carbons (Fsp3) is 0.556. The van der Waals surface area contributed by atoms with Crippen LogP contribution in [0.3, 0.4) is 0 Å². The molecule has 80 valence electrons. The first-order valence-corrected chi connectivity index (χ1v) is 4.79. The van der Waals surface area contributed by atoms with Gasteiger partial charge in [0, 0.05) is 6.42 Å². The molecule has 0 aromatic carbocycles. The van der Waals surface area contributed by atoms with Gasteiger partial charge in [0.25, 0.3) is 5.91 Å². The summed E-state index contributed by atoms with van der Waals surface area (Å²) in [5, 5.41) is 6.59. The van der Waals surface area contributed by atoms with Crippen molar-refractivity contribution in [3.63, 3.8) is 0 Å². The van der Waals surface area contributed by atoms with Gasteiger partial charge in [-0.3, -0.25) is 14.9 Å². The van der Waals surface area contributed by atoms with Crippen LogP contribution in [0.15, 0.2) is 0 Å². The number of nitrogens with one attached hydrogen (secondary N) is 1. The monoisotopic (exact) mass is 208 g/mol. The van der Waals surface area contributed by atoms with Crippen molar-refractivity contribution in [3.05, 3.63) is 5.82 Å². The van der Waals surface area contributed by atoms with Crippen LogP contribution in [0, 0.1) is 5.41 Å². The molecule has 6 nitrogen and oxygen atoms in total. The van der Waals surface area contributed by atoms with E-state index in [-0.39, 0.29) is 17.8 Å². The quantitative estimate of drug-likeness (QED) is 0.680. The maximum atomic E-state index is 11.9. The van der Waals surface area contributed by atoms with Gasteiger partial charge in [-0.15, -0.1) is 5.10 Å². The summed E-state index contributed by atoms with van der Waals surface area (Å²) in [5.74, 6) is 0.0982. The summed E-state index contributed by atoms with van der Waals surface area (Å²) in [7, 11) is 0. The highest BCUT2D eigenvalue weighted by atomic mass is 16.2. The second-order valence-electron chi connectivity index (χ2n) is 4.00. The molecular weight excluding hydrogens is 196 g/mol. The fourth-order valence-electron chi connectivity index (χ4n) is 1.35. The molecule has 0 saturated carbocycles. The van der Waals surface area contributed by atoms with E-state index in [2.05, 4.69) is 15.4 Å². The van der Waals surface area contributed by atoms with Crippen LogP contribution in [0.2, 0.25) is 0 Å². The van der Waals surface area contributed by atoms with Crippen LogP contribution in [0.1, 0.15) is 31.4 Å². The van der Waals surface area contributed by atoms with Crippen molar-refractivity contribution in [1.82, 2.24) is 14.8 Å². The Morgan fingerprint density at radius 1 is 1.40 bits per heavy atom. The summed E-state index contributed by atoms with van der Waals surface area (Å²) in [6.45, 7) is 5.03. The fourth-order valence-corrected chi connectivity index (χ4v) is 1.35. The zero-order valence-electron chi connectivity index (χ0n) is 8.87. The van der Waals surface area contributed by atoms with Gasteiger partial charge < -0.3 is 0 Å². The summed E-state index contributed by atoms with van der Waals surface area (Å²) in [4.78, 5) is 27.5. The molecule has 2 rings (SSSR count). The van der Waals surface area contributed by atoms with Crippen LogP contribution in [-0.4, -0.2) is 26.6 Å². The molecule has 2 heterocycles. The lowest BCUT2D eigenvalue weighted by Crippen LogP contribution is -2.46. The zero-order chi connectivity index (χ0) is 11.2. The van der Waals surface area contributed by atoms with Crippen LogP contribution in [-0.2, 0) is 11.2 Å². The van der Waals surface area contributed by atoms with E-state index in [0.717, 1.165) is 0 Å². The molecule has 1 aromatic rings. The maximum absolute atomic E-state index is 11.9. The molecule has 0 bridgehead atoms. The maximum Gasteiger partial charge on any atom is 0.265 e. The number of aromatic nitrogens is 3. The molecule has 0 fully saturated rings. The Kier molecular flexibility index (Phi) is 1.89. The summed E-state index contributed by atoms with van der Waals surface area (Å²) in [5.41, 5.74) is -1.08. The highest BCUT2D eigenvalue weighted by Gasteiger charge is 2.43. The average molecular weight is 208 g/mol. The molecule has 0 atom stereocenters. The minimum atomic E-state index is -1.08. The number of rotatable bonds is 1. The Morgan fingerprint density at radius 3 is 2.67 bits per heavy atom. The van der Waals surface area contributed by atoms with E-state index in [1.807, 2.05) is 6.92 Å². The van der Waals surface area contributed by atoms with Gasteiger partial charge in [0.2, 0.25) is 11.9 Å². The third-order valence-electron chi connectivity index (χ3n) is 2.49. The Bertz CT molecular complexity index is 447. The predicted molar refractivity (Wildman–Crippen MR) is 52.4 cm³/mol. The third kappa shape index (κ3) is 1.25. The molecule has 6 heteroatoms. The second kappa shape index (κ2) is 2.88. The normalized spacial score (nSPS) is 18.6. The minimum Gasteiger partial charge on any atom is -0.293 e. The minimum absolute atomic E-state index is 0.223. The molecule has 1 N–H and O–H groups in total. The van der Waals surface area contributed by atoms with Gasteiger partial charge in [0.1, 0.15) is 5.41 Å². The van der Waals surface area contributed by atoms with Crippen molar-refractivity contribution >= 4 is 17.8 Å². The van der Waals surface area contributed by atoms with Crippen LogP contribution in [0.25, 0.3) is 0 Å². The number of nitrogens with zero attached hydrogens (tertiary/aromatic N) is 3. The number of fused-ring (bicyclic) bond motifs is 1. The van der Waals surface area contributed by atoms with Crippen molar-refractivity contribution in [2.24, 2.45) is 5.41 Å². The van der Waals surface area contributed by atoms with Gasteiger partial charge in [-0.2, -0.15) is 9.67 Å². The van der Waals surface area contributed by atoms with Gasteiger partial charge in [-0.1, -0.05) is 6.92 Å². The molecule has 0 saturated heterocycles. The lowest BCUT2D eigenvalue weighted by Gasteiger charge is -2.25. The topological polar surface area (TPSA) is 76.9 Å². The Morgan fingerprint density at radius 2 is 2.07 bits per heavy atom. The van der Waals surface area contributed by atoms with Gasteiger partial charge in [-0.05, 0) is 13.8 Å². The summed E-state index contributed by atoms with van der Waals surface area (Å²) in [6, 6.07) is 0. The van der Waals surface area contributed by atoms with Crippen molar-refractivity contribution in [2.75, 3.05) is 5.32 Å². The van der Waals surface area contributed by atoms with Crippen LogP contribution in [0.5, 0.6) is 0 Å². The molecule has 0 aliphatic carbocycles. The van der Waals surface area contributed by atoms with Gasteiger partial charge >= 0.3 is 0 Å². The van der Waals surface area contributed by atoms with Crippen molar-refractivity contribution in [2.45, 2.75) is 27.2 Å². The SMILES string of the molecule is CCc1nc2n(n1)C(=O)C(C)(C)C(=O)N2. The summed E-state index contributed by atoms with van der Waals surface area (Å²) < 4.78 is 1.17. The van der Waals surface area contributed by atoms with E-state index in [0.29, 0.717) is 12.2 Å². The number of carbonyl (C=O) groups excluding carboxylic acids is 2. The number of hydrogen-bond donors (Lipinski definition) is 1. The van der Waals surface area contributed by atoms with Crippen molar-refractivity contribution in [1.29, 1.82) is 0 Å². The van der Waals surface area contributed by atoms with E-state index >= 15 is 0 Å². The molecule has 0 radical (unpaired) electrons. The highest BCUT2D eigenvalue weighted by molar-refractivity contribution is 6.13. The summed E-state index contributed by atoms with van der Waals surface area (Å²) >= 11 is 0. The van der Waals surface area contributed by atoms with Crippen LogP contribution >= 0.6 is 0 Å². The molecule has 0 unspecified atom stereocenters. The van der Waals surface area contributed by atoms with E-state index in [1.54, 1.807) is 13.8 Å². The van der Waals surface area contributed by atoms with Crippen LogP contribution < -0.4 is 5.32 Å². The molecule has 1 aliphatic rings. The zero-order valence-corrected chi connectivity index (χ0v) is 8.87. The Hall–Kier alpha value is -1.72. The number of aryl methyl sites for hydroxylation is 1. The smallest absolute Gasteiger partial charge is 0.265 e. The molecule has 0 spiro atoms. The van der Waals surface area contributed by atoms with Crippen molar-refractivity contribution in [3.8, 4) is 0 Å². The van der Waals surface area contributed by atoms with Gasteiger partial charge in [0.05, 0.1) is 0 Å². The first-order chi connectivity index (χ1) is 6.96. The predicted octanol–water partition coefficient (Wildman–Crippen LogP) is 0.459. The molecule has 15 heavy (non-hydrogen) atoms. The number of anilines is 1. The number of amides is 1. The molecule has 1 amide bonds. The summed E-state index contributed by atoms with van der Waals surface area (Å²) in [6.07, 6.45) is 0.629. The first-order valence-electron chi connectivity index (χ1n) is 4.79. The number of hydrogen-bond acceptors (Lipinski definition) is 4. The molecule has 1 aliphatic heterocycles. The largest absolute Gasteiger partial charge is 0.293 e. The number of carbonyl (C=O) groups is 2. The van der Waals surface area contributed by atoms with Crippen LogP contribution in [0.4, 0.5) is 5.95 Å².